The average molecular weight is 470 g/mol. The fraction of sp³-hybridized carbons (Fsp3) is 0.391. The van der Waals surface area contributed by atoms with E-state index in [-0.39, 0.29) is 30.5 Å². The number of carbonyl (C=O) groups is 1. The summed E-state index contributed by atoms with van der Waals surface area (Å²) in [7, 11) is 0. The van der Waals surface area contributed by atoms with E-state index in [0.29, 0.717) is 34.6 Å². The Morgan fingerprint density at radius 3 is 2.82 bits per heavy atom. The molecule has 2 fully saturated rings. The lowest BCUT2D eigenvalue weighted by atomic mass is 10.0. The second-order valence-corrected chi connectivity index (χ2v) is 8.57. The van der Waals surface area contributed by atoms with Crippen LogP contribution in [0.5, 0.6) is 5.75 Å². The van der Waals surface area contributed by atoms with E-state index in [1.165, 1.54) is 6.20 Å². The minimum Gasteiger partial charge on any atom is -0.488 e. The second-order valence-electron chi connectivity index (χ2n) is 8.57. The molecule has 3 aromatic heterocycles. The van der Waals surface area contributed by atoms with Crippen LogP contribution < -0.4 is 15.4 Å². The van der Waals surface area contributed by atoms with Crippen LogP contribution in [0.15, 0.2) is 36.7 Å². The van der Waals surface area contributed by atoms with E-state index in [2.05, 4.69) is 20.7 Å². The Balaban J connectivity index is 1.43. The van der Waals surface area contributed by atoms with Gasteiger partial charge in [0, 0.05) is 30.2 Å². The third-order valence-electron chi connectivity index (χ3n) is 6.00. The van der Waals surface area contributed by atoms with Crippen LogP contribution in [0, 0.1) is 17.2 Å². The van der Waals surface area contributed by atoms with Gasteiger partial charge < -0.3 is 15.4 Å². The molecule has 1 saturated carbocycles. The lowest BCUT2D eigenvalue weighted by Crippen LogP contribution is -2.50. The van der Waals surface area contributed by atoms with Crippen LogP contribution in [0.1, 0.15) is 31.4 Å². The van der Waals surface area contributed by atoms with Gasteiger partial charge in [0.15, 0.2) is 5.82 Å². The fourth-order valence-electron chi connectivity index (χ4n) is 4.04. The van der Waals surface area contributed by atoms with Gasteiger partial charge in [-0.3, -0.25) is 4.79 Å². The van der Waals surface area contributed by atoms with Crippen molar-refractivity contribution in [2.75, 3.05) is 11.9 Å². The van der Waals surface area contributed by atoms with E-state index in [4.69, 9.17) is 4.74 Å². The number of amides is 1. The molecule has 8 nitrogen and oxygen atoms in total. The van der Waals surface area contributed by atoms with E-state index < -0.39 is 18.3 Å². The van der Waals surface area contributed by atoms with Crippen molar-refractivity contribution in [1.82, 2.24) is 19.9 Å². The van der Waals surface area contributed by atoms with Crippen molar-refractivity contribution in [3.05, 3.63) is 42.4 Å². The molecule has 3 aromatic rings. The molecule has 4 heterocycles. The standard InChI is InChI=1S/C23H21F3N6O2/c24-23(25,26)20-10-17(3-5-28-20)34-19-12-29-15(11-27)8-18(19)14-4-6-32-16(7-14)9-21(31-32)30-22(33)13-1-2-13/h4,6-9,12-13,17,20,28H,1-3,5,10H2,(H,30,31,33)/t17-,20+/m1/s1. The number of piperidine rings is 1. The van der Waals surface area contributed by atoms with Crippen molar-refractivity contribution >= 4 is 17.2 Å². The first-order valence-electron chi connectivity index (χ1n) is 11.0. The Morgan fingerprint density at radius 2 is 2.09 bits per heavy atom. The van der Waals surface area contributed by atoms with Crippen molar-refractivity contribution in [2.45, 2.75) is 44.0 Å². The minimum absolute atomic E-state index is 0.0493. The Kier molecular flexibility index (Phi) is 5.61. The highest BCUT2D eigenvalue weighted by Crippen LogP contribution is 2.35. The van der Waals surface area contributed by atoms with Gasteiger partial charge in [-0.05, 0) is 49.6 Å². The summed E-state index contributed by atoms with van der Waals surface area (Å²) in [5.74, 6) is 0.739. The summed E-state index contributed by atoms with van der Waals surface area (Å²) < 4.78 is 47.1. The number of rotatable bonds is 5. The number of carbonyl (C=O) groups excluding carboxylic acids is 1. The molecule has 2 aliphatic rings. The normalized spacial score (nSPS) is 20.6. The molecule has 1 aliphatic carbocycles. The molecule has 2 N–H and O–H groups in total. The number of hydrogen-bond donors (Lipinski definition) is 2. The highest BCUT2D eigenvalue weighted by atomic mass is 19.4. The number of halogens is 3. The monoisotopic (exact) mass is 470 g/mol. The van der Waals surface area contributed by atoms with Crippen LogP contribution in [-0.2, 0) is 4.79 Å². The first kappa shape index (κ1) is 22.2. The van der Waals surface area contributed by atoms with Gasteiger partial charge in [0.1, 0.15) is 29.7 Å². The smallest absolute Gasteiger partial charge is 0.403 e. The summed E-state index contributed by atoms with van der Waals surface area (Å²) in [4.78, 5) is 16.1. The molecule has 2 atom stereocenters. The van der Waals surface area contributed by atoms with Crippen LogP contribution in [0.25, 0.3) is 16.6 Å². The maximum atomic E-state index is 13.2. The highest BCUT2D eigenvalue weighted by molar-refractivity contribution is 5.93. The quantitative estimate of drug-likeness (QED) is 0.590. The number of aromatic nitrogens is 3. The summed E-state index contributed by atoms with van der Waals surface area (Å²) in [6.07, 6.45) is 0.0501. The van der Waals surface area contributed by atoms with Crippen molar-refractivity contribution in [3.63, 3.8) is 0 Å². The van der Waals surface area contributed by atoms with Crippen LogP contribution >= 0.6 is 0 Å². The summed E-state index contributed by atoms with van der Waals surface area (Å²) in [6, 6.07) is 7.21. The summed E-state index contributed by atoms with van der Waals surface area (Å²) in [5.41, 5.74) is 2.08. The zero-order valence-electron chi connectivity index (χ0n) is 18.0. The second kappa shape index (κ2) is 8.61. The molecule has 0 radical (unpaired) electrons. The first-order valence-corrected chi connectivity index (χ1v) is 11.0. The van der Waals surface area contributed by atoms with Crippen molar-refractivity contribution < 1.29 is 22.7 Å². The SMILES string of the molecule is N#Cc1cc(-c2ccn3nc(NC(=O)C4CC4)cc3c2)c(O[C@@H]2CCN[C@H](C(F)(F)F)C2)cn1. The Bertz CT molecular complexity index is 1280. The Labute approximate surface area is 192 Å². The maximum absolute atomic E-state index is 13.2. The lowest BCUT2D eigenvalue weighted by molar-refractivity contribution is -0.166. The molecular formula is C23H21F3N6O2. The number of hydrogen-bond acceptors (Lipinski definition) is 6. The molecule has 0 spiro atoms. The molecular weight excluding hydrogens is 449 g/mol. The summed E-state index contributed by atoms with van der Waals surface area (Å²) in [5, 5.41) is 19.0. The number of alkyl halides is 3. The number of fused-ring (bicyclic) bond motifs is 1. The third-order valence-corrected chi connectivity index (χ3v) is 6.00. The van der Waals surface area contributed by atoms with Gasteiger partial charge in [-0.15, -0.1) is 0 Å². The molecule has 1 saturated heterocycles. The predicted octanol–water partition coefficient (Wildman–Crippen LogP) is 3.68. The van der Waals surface area contributed by atoms with Crippen molar-refractivity contribution in [3.8, 4) is 22.9 Å². The molecule has 5 rings (SSSR count). The molecule has 11 heteroatoms. The summed E-state index contributed by atoms with van der Waals surface area (Å²) in [6.45, 7) is 0.186. The average Bonchev–Trinajstić information content (AvgIpc) is 3.59. The third kappa shape index (κ3) is 4.68. The lowest BCUT2D eigenvalue weighted by Gasteiger charge is -2.32. The van der Waals surface area contributed by atoms with Gasteiger partial charge in [0.25, 0.3) is 0 Å². The molecule has 176 valence electrons. The largest absolute Gasteiger partial charge is 0.488 e. The van der Waals surface area contributed by atoms with E-state index in [9.17, 15) is 23.2 Å². The molecule has 0 unspecified atom stereocenters. The van der Waals surface area contributed by atoms with Gasteiger partial charge in [-0.25, -0.2) is 9.50 Å². The highest BCUT2D eigenvalue weighted by Gasteiger charge is 2.43. The topological polar surface area (TPSA) is 104 Å². The number of nitrogens with zero attached hydrogens (tertiary/aromatic N) is 4. The molecule has 0 bridgehead atoms. The number of nitriles is 1. The van der Waals surface area contributed by atoms with Crippen LogP contribution in [0.2, 0.25) is 0 Å². The van der Waals surface area contributed by atoms with Gasteiger partial charge in [0.05, 0.1) is 11.7 Å². The molecule has 1 aliphatic heterocycles. The zero-order valence-corrected chi connectivity index (χ0v) is 18.0. The fourth-order valence-corrected chi connectivity index (χ4v) is 4.04. The predicted molar refractivity (Wildman–Crippen MR) is 116 cm³/mol. The molecule has 0 aromatic carbocycles. The van der Waals surface area contributed by atoms with Gasteiger partial charge in [0.2, 0.25) is 5.91 Å². The molecule has 34 heavy (non-hydrogen) atoms. The van der Waals surface area contributed by atoms with E-state index in [1.807, 2.05) is 12.1 Å². The summed E-state index contributed by atoms with van der Waals surface area (Å²) >= 11 is 0. The Morgan fingerprint density at radius 1 is 1.26 bits per heavy atom. The minimum atomic E-state index is -4.35. The zero-order chi connectivity index (χ0) is 23.9. The van der Waals surface area contributed by atoms with E-state index in [0.717, 1.165) is 12.8 Å². The molecule has 1 amide bonds. The number of anilines is 1. The van der Waals surface area contributed by atoms with Crippen LogP contribution in [-0.4, -0.2) is 45.4 Å². The van der Waals surface area contributed by atoms with Crippen LogP contribution in [0.4, 0.5) is 19.0 Å². The van der Waals surface area contributed by atoms with Gasteiger partial charge in [-0.1, -0.05) is 0 Å². The van der Waals surface area contributed by atoms with E-state index in [1.54, 1.807) is 28.9 Å². The van der Waals surface area contributed by atoms with Crippen molar-refractivity contribution in [2.24, 2.45) is 5.92 Å². The number of ether oxygens (including phenoxy) is 1. The number of pyridine rings is 2. The Hall–Kier alpha value is -3.65. The first-order chi connectivity index (χ1) is 16.3. The van der Waals surface area contributed by atoms with Crippen LogP contribution in [0.3, 0.4) is 0 Å². The maximum Gasteiger partial charge on any atom is 0.403 e. The van der Waals surface area contributed by atoms with Gasteiger partial charge in [-0.2, -0.15) is 23.5 Å². The van der Waals surface area contributed by atoms with E-state index >= 15 is 0 Å². The number of nitrogens with one attached hydrogen (secondary N) is 2. The van der Waals surface area contributed by atoms with Gasteiger partial charge >= 0.3 is 6.18 Å². The van der Waals surface area contributed by atoms with Crippen molar-refractivity contribution in [1.29, 1.82) is 5.26 Å².